The van der Waals surface area contributed by atoms with Gasteiger partial charge in [0.2, 0.25) is 22.1 Å². The number of para-hydroxylation sites is 2. The van der Waals surface area contributed by atoms with Crippen LogP contribution in [0.4, 0.5) is 37.7 Å². The Morgan fingerprint density at radius 2 is 0.962 bits per heavy atom. The molecule has 20 heteroatoms. The number of rotatable bonds is 11. The lowest BCUT2D eigenvalue weighted by molar-refractivity contribution is -0.139. The van der Waals surface area contributed by atoms with Crippen molar-refractivity contribution in [2.75, 3.05) is 22.1 Å². The highest BCUT2D eigenvalue weighted by atomic mass is 32.2. The predicted molar refractivity (Wildman–Crippen MR) is 179 cm³/mol. The van der Waals surface area contributed by atoms with Crippen LogP contribution in [-0.2, 0) is 21.9 Å². The maximum absolute atomic E-state index is 14.3. The summed E-state index contributed by atoms with van der Waals surface area (Å²) in [6.45, 7) is 0. The molecule has 0 saturated heterocycles. The second-order valence-corrected chi connectivity index (χ2v) is 12.5. The maximum atomic E-state index is 14.3. The zero-order chi connectivity index (χ0) is 36.9. The normalized spacial score (nSPS) is 11.7. The van der Waals surface area contributed by atoms with Gasteiger partial charge in [-0.15, -0.1) is 10.2 Å². The van der Waals surface area contributed by atoms with Gasteiger partial charge in [0.05, 0.1) is 34.0 Å². The highest BCUT2D eigenvalue weighted by molar-refractivity contribution is 8.00. The molecule has 52 heavy (non-hydrogen) atoms. The third-order valence-corrected chi connectivity index (χ3v) is 8.89. The van der Waals surface area contributed by atoms with E-state index < -0.39 is 46.4 Å². The van der Waals surface area contributed by atoms with Crippen molar-refractivity contribution < 1.29 is 35.9 Å². The van der Waals surface area contributed by atoms with E-state index in [1.807, 2.05) is 0 Å². The Bertz CT molecular complexity index is 2040. The summed E-state index contributed by atoms with van der Waals surface area (Å²) in [5.41, 5.74) is -3.75. The van der Waals surface area contributed by atoms with Gasteiger partial charge >= 0.3 is 12.4 Å². The third kappa shape index (κ3) is 8.57. The zero-order valence-corrected chi connectivity index (χ0v) is 27.8. The Hall–Kier alpha value is -5.76. The number of amides is 2. The van der Waals surface area contributed by atoms with Gasteiger partial charge in [0.15, 0.2) is 0 Å². The third-order valence-electron chi connectivity index (χ3n) is 7.06. The molecule has 2 amide bonds. The zero-order valence-electron chi connectivity index (χ0n) is 26.1. The van der Waals surface area contributed by atoms with E-state index in [4.69, 9.17) is 0 Å². The molecule has 2 N–H and O–H groups in total. The average Bonchev–Trinajstić information content (AvgIpc) is 3.80. The van der Waals surface area contributed by atoms with Gasteiger partial charge in [0, 0.05) is 11.4 Å². The van der Waals surface area contributed by atoms with Gasteiger partial charge in [-0.3, -0.25) is 9.59 Å². The number of nitrogens with one attached hydrogen (secondary N) is 2. The van der Waals surface area contributed by atoms with Crippen LogP contribution in [-0.4, -0.2) is 63.7 Å². The molecule has 6 aromatic rings. The van der Waals surface area contributed by atoms with Crippen LogP contribution in [0.1, 0.15) is 11.1 Å². The molecule has 4 aromatic carbocycles. The lowest BCUT2D eigenvalue weighted by Crippen LogP contribution is -2.17. The molecule has 0 aliphatic rings. The first kappa shape index (κ1) is 36.0. The summed E-state index contributed by atoms with van der Waals surface area (Å²) < 4.78 is 88.6. The van der Waals surface area contributed by atoms with Crippen LogP contribution in [0, 0.1) is 0 Å². The molecule has 0 fully saturated rings. The van der Waals surface area contributed by atoms with Crippen LogP contribution in [0.2, 0.25) is 0 Å². The quantitative estimate of drug-likeness (QED) is 0.107. The molecule has 0 unspecified atom stereocenters. The number of alkyl halides is 6. The van der Waals surface area contributed by atoms with Gasteiger partial charge < -0.3 is 10.6 Å². The van der Waals surface area contributed by atoms with Crippen molar-refractivity contribution in [3.63, 3.8) is 0 Å². The smallest absolute Gasteiger partial charge is 0.325 e. The lowest BCUT2D eigenvalue weighted by Gasteiger charge is -2.20. The van der Waals surface area contributed by atoms with Crippen molar-refractivity contribution in [3.05, 3.63) is 108 Å². The molecule has 0 aliphatic heterocycles. The van der Waals surface area contributed by atoms with E-state index >= 15 is 0 Å². The number of nitrogens with zero attached hydrogens (tertiary/aromatic N) is 8. The Morgan fingerprint density at radius 3 is 1.33 bits per heavy atom. The van der Waals surface area contributed by atoms with Crippen molar-refractivity contribution in [2.45, 2.75) is 22.7 Å². The van der Waals surface area contributed by atoms with E-state index in [2.05, 4.69) is 41.7 Å². The van der Waals surface area contributed by atoms with Crippen molar-refractivity contribution in [1.82, 2.24) is 40.4 Å². The summed E-state index contributed by atoms with van der Waals surface area (Å²) >= 11 is 1.85. The summed E-state index contributed by atoms with van der Waals surface area (Å²) in [6.07, 6.45) is -10.2. The maximum Gasteiger partial charge on any atom is 0.417 e. The highest BCUT2D eigenvalue weighted by Crippen LogP contribution is 2.44. The molecule has 2 heterocycles. The first-order valence-corrected chi connectivity index (χ1v) is 16.8. The standard InChI is InChI=1S/C32H22F6N10O2S2/c33-31(34,35)25-15-19(39-27(49)17-51-29-41-43-45-47(29)21-7-3-1-4-8-21)11-13-23(25)24-14-12-20(16-26(24)32(36,37)38)40-28(50)18-52-30-42-44-46-48(30)22-9-5-2-6-10-22/h1-16H,17-18H2,(H,39,49)(H,40,50). The number of hydrogen-bond acceptors (Lipinski definition) is 10. The van der Waals surface area contributed by atoms with E-state index in [1.54, 1.807) is 60.7 Å². The van der Waals surface area contributed by atoms with Crippen LogP contribution < -0.4 is 10.6 Å². The lowest BCUT2D eigenvalue weighted by atomic mass is 9.93. The predicted octanol–water partition coefficient (Wildman–Crippen LogP) is 6.80. The first-order chi connectivity index (χ1) is 24.9. The van der Waals surface area contributed by atoms with E-state index in [0.717, 1.165) is 47.8 Å². The Morgan fingerprint density at radius 1 is 0.577 bits per heavy atom. The number of anilines is 2. The minimum Gasteiger partial charge on any atom is -0.325 e. The van der Waals surface area contributed by atoms with E-state index in [0.29, 0.717) is 23.5 Å². The Labute approximate surface area is 298 Å². The van der Waals surface area contributed by atoms with E-state index in [1.165, 1.54) is 9.36 Å². The van der Waals surface area contributed by atoms with Crippen LogP contribution >= 0.6 is 23.5 Å². The molecule has 0 atom stereocenters. The molecule has 0 bridgehead atoms. The molecular weight excluding hydrogens is 735 g/mol. The number of aromatic nitrogens is 8. The molecule has 0 saturated carbocycles. The number of hydrogen-bond donors (Lipinski definition) is 2. The summed E-state index contributed by atoms with van der Waals surface area (Å²) in [7, 11) is 0. The van der Waals surface area contributed by atoms with E-state index in [-0.39, 0.29) is 33.2 Å². The monoisotopic (exact) mass is 756 g/mol. The van der Waals surface area contributed by atoms with Crippen LogP contribution in [0.3, 0.4) is 0 Å². The van der Waals surface area contributed by atoms with Crippen molar-refractivity contribution >= 4 is 46.7 Å². The SMILES string of the molecule is O=C(CSc1nnnn1-c1ccccc1)Nc1ccc(-c2ccc(NC(=O)CSc3nnnn3-c3ccccc3)cc2C(F)(F)F)c(C(F)(F)F)c1. The Balaban J connectivity index is 1.17. The van der Waals surface area contributed by atoms with Crippen LogP contribution in [0.5, 0.6) is 0 Å². The van der Waals surface area contributed by atoms with Gasteiger partial charge in [-0.05, 0) is 80.5 Å². The number of tetrazole rings is 2. The molecule has 266 valence electrons. The largest absolute Gasteiger partial charge is 0.417 e. The molecular formula is C32H22F6N10O2S2. The van der Waals surface area contributed by atoms with Crippen molar-refractivity contribution in [2.24, 2.45) is 0 Å². The minimum atomic E-state index is -5.11. The summed E-state index contributed by atoms with van der Waals surface area (Å²) in [5.74, 6) is -1.99. The molecule has 2 aromatic heterocycles. The average molecular weight is 757 g/mol. The molecule has 0 spiro atoms. The fraction of sp³-hybridized carbons (Fsp3) is 0.125. The van der Waals surface area contributed by atoms with Crippen molar-refractivity contribution in [1.29, 1.82) is 0 Å². The van der Waals surface area contributed by atoms with Gasteiger partial charge in [-0.2, -0.15) is 35.7 Å². The van der Waals surface area contributed by atoms with Gasteiger partial charge in [0.25, 0.3) is 0 Å². The van der Waals surface area contributed by atoms with Gasteiger partial charge in [-0.1, -0.05) is 72.1 Å². The molecule has 12 nitrogen and oxygen atoms in total. The number of benzene rings is 4. The van der Waals surface area contributed by atoms with Crippen molar-refractivity contribution in [3.8, 4) is 22.5 Å². The number of halogens is 6. The molecule has 0 aliphatic carbocycles. The molecule has 0 radical (unpaired) electrons. The fourth-order valence-electron chi connectivity index (χ4n) is 4.84. The van der Waals surface area contributed by atoms with Gasteiger partial charge in [0.1, 0.15) is 0 Å². The number of thioether (sulfide) groups is 2. The summed E-state index contributed by atoms with van der Waals surface area (Å²) in [4.78, 5) is 25.4. The fourth-order valence-corrected chi connectivity index (χ4v) is 6.22. The number of carbonyl (C=O) groups excluding carboxylic acids is 2. The summed E-state index contributed by atoms with van der Waals surface area (Å²) in [5, 5.41) is 27.8. The summed E-state index contributed by atoms with van der Waals surface area (Å²) in [6, 6.07) is 22.5. The van der Waals surface area contributed by atoms with Crippen LogP contribution in [0.25, 0.3) is 22.5 Å². The first-order valence-electron chi connectivity index (χ1n) is 14.8. The van der Waals surface area contributed by atoms with E-state index in [9.17, 15) is 35.9 Å². The molecule has 6 rings (SSSR count). The highest BCUT2D eigenvalue weighted by Gasteiger charge is 2.39. The second-order valence-electron chi connectivity index (χ2n) is 10.6. The second kappa shape index (κ2) is 15.2. The Kier molecular flexibility index (Phi) is 10.6. The number of carbonyl (C=O) groups is 2. The minimum absolute atomic E-state index is 0.246. The van der Waals surface area contributed by atoms with Gasteiger partial charge in [-0.25, -0.2) is 0 Å². The van der Waals surface area contributed by atoms with Crippen LogP contribution in [0.15, 0.2) is 107 Å². The topological polar surface area (TPSA) is 145 Å².